The van der Waals surface area contributed by atoms with Gasteiger partial charge in [-0.3, -0.25) is 4.79 Å². The van der Waals surface area contributed by atoms with Crippen molar-refractivity contribution in [1.82, 2.24) is 0 Å². The lowest BCUT2D eigenvalue weighted by Gasteiger charge is -2.08. The van der Waals surface area contributed by atoms with Gasteiger partial charge in [-0.2, -0.15) is 0 Å². The van der Waals surface area contributed by atoms with E-state index in [-0.39, 0.29) is 12.3 Å². The summed E-state index contributed by atoms with van der Waals surface area (Å²) < 4.78 is 0. The van der Waals surface area contributed by atoms with Gasteiger partial charge in [-0.05, 0) is 28.6 Å². The lowest BCUT2D eigenvalue weighted by molar-refractivity contribution is -0.117. The standard InChI is InChI=1S/C12H10ClNOS/c13-10-4-1-3-8(9(10)7-12(14)15)11-5-2-6-16-11/h1-6H,7H2,(H2,14,15). The number of thiophene rings is 1. The Hall–Kier alpha value is -1.32. The summed E-state index contributed by atoms with van der Waals surface area (Å²) in [7, 11) is 0. The molecule has 0 atom stereocenters. The van der Waals surface area contributed by atoms with E-state index >= 15 is 0 Å². The van der Waals surface area contributed by atoms with E-state index in [1.807, 2.05) is 29.6 Å². The Morgan fingerprint density at radius 3 is 2.75 bits per heavy atom. The van der Waals surface area contributed by atoms with Gasteiger partial charge in [0.05, 0.1) is 6.42 Å². The maximum absolute atomic E-state index is 11.0. The molecule has 0 spiro atoms. The van der Waals surface area contributed by atoms with Crippen molar-refractivity contribution in [2.24, 2.45) is 5.73 Å². The molecular weight excluding hydrogens is 242 g/mol. The highest BCUT2D eigenvalue weighted by Gasteiger charge is 2.11. The zero-order valence-corrected chi connectivity index (χ0v) is 10.0. The number of halogens is 1. The van der Waals surface area contributed by atoms with Crippen molar-refractivity contribution in [2.75, 3.05) is 0 Å². The van der Waals surface area contributed by atoms with Crippen molar-refractivity contribution < 1.29 is 4.79 Å². The smallest absolute Gasteiger partial charge is 0.221 e. The van der Waals surface area contributed by atoms with Crippen molar-refractivity contribution in [3.8, 4) is 10.4 Å². The van der Waals surface area contributed by atoms with Crippen LogP contribution in [0.15, 0.2) is 35.7 Å². The van der Waals surface area contributed by atoms with Gasteiger partial charge in [0.15, 0.2) is 0 Å². The molecule has 0 fully saturated rings. The normalized spacial score (nSPS) is 10.3. The molecule has 0 radical (unpaired) electrons. The molecule has 2 rings (SSSR count). The van der Waals surface area contributed by atoms with E-state index in [0.29, 0.717) is 5.02 Å². The molecule has 1 aromatic carbocycles. The molecule has 1 aromatic heterocycles. The molecule has 0 aliphatic carbocycles. The van der Waals surface area contributed by atoms with Crippen LogP contribution in [-0.4, -0.2) is 5.91 Å². The van der Waals surface area contributed by atoms with Gasteiger partial charge in [-0.15, -0.1) is 11.3 Å². The monoisotopic (exact) mass is 251 g/mol. The van der Waals surface area contributed by atoms with Crippen LogP contribution in [0.25, 0.3) is 10.4 Å². The van der Waals surface area contributed by atoms with Gasteiger partial charge in [0.25, 0.3) is 0 Å². The first-order valence-electron chi connectivity index (χ1n) is 4.78. The molecule has 0 saturated carbocycles. The van der Waals surface area contributed by atoms with Gasteiger partial charge >= 0.3 is 0 Å². The number of rotatable bonds is 3. The first-order chi connectivity index (χ1) is 7.68. The van der Waals surface area contributed by atoms with Crippen LogP contribution in [0.4, 0.5) is 0 Å². The van der Waals surface area contributed by atoms with Crippen LogP contribution in [0, 0.1) is 0 Å². The number of benzene rings is 1. The highest BCUT2D eigenvalue weighted by atomic mass is 35.5. The van der Waals surface area contributed by atoms with Gasteiger partial charge in [0, 0.05) is 9.90 Å². The van der Waals surface area contributed by atoms with E-state index in [9.17, 15) is 4.79 Å². The van der Waals surface area contributed by atoms with Gasteiger partial charge in [0.1, 0.15) is 0 Å². The third-order valence-corrected chi connectivity index (χ3v) is 3.51. The second-order valence-corrected chi connectivity index (χ2v) is 4.74. The van der Waals surface area contributed by atoms with Gasteiger partial charge < -0.3 is 5.73 Å². The van der Waals surface area contributed by atoms with Crippen LogP contribution < -0.4 is 5.73 Å². The average Bonchev–Trinajstić information content (AvgIpc) is 2.73. The lowest BCUT2D eigenvalue weighted by atomic mass is 10.0. The number of carbonyl (C=O) groups excluding carboxylic acids is 1. The second-order valence-electron chi connectivity index (χ2n) is 3.39. The molecule has 2 nitrogen and oxygen atoms in total. The average molecular weight is 252 g/mol. The van der Waals surface area contributed by atoms with E-state index in [4.69, 9.17) is 17.3 Å². The fourth-order valence-corrected chi connectivity index (χ4v) is 2.60. The third kappa shape index (κ3) is 2.26. The number of hydrogen-bond donors (Lipinski definition) is 1. The summed E-state index contributed by atoms with van der Waals surface area (Å²) in [4.78, 5) is 12.1. The fourth-order valence-electron chi connectivity index (χ4n) is 1.58. The Balaban J connectivity index is 2.52. The Morgan fingerprint density at radius 2 is 2.12 bits per heavy atom. The molecule has 0 aliphatic rings. The summed E-state index contributed by atoms with van der Waals surface area (Å²) in [5, 5.41) is 2.58. The van der Waals surface area contributed by atoms with Crippen molar-refractivity contribution in [1.29, 1.82) is 0 Å². The molecule has 0 bridgehead atoms. The Labute approximate surface area is 103 Å². The maximum atomic E-state index is 11.0. The van der Waals surface area contributed by atoms with E-state index in [1.165, 1.54) is 0 Å². The van der Waals surface area contributed by atoms with Crippen molar-refractivity contribution in [3.05, 3.63) is 46.3 Å². The third-order valence-electron chi connectivity index (χ3n) is 2.26. The van der Waals surface area contributed by atoms with Crippen molar-refractivity contribution in [2.45, 2.75) is 6.42 Å². The van der Waals surface area contributed by atoms with Gasteiger partial charge in [0.2, 0.25) is 5.91 Å². The Kier molecular flexibility index (Phi) is 3.27. The van der Waals surface area contributed by atoms with E-state index in [2.05, 4.69) is 0 Å². The minimum absolute atomic E-state index is 0.174. The number of primary amides is 1. The number of carbonyl (C=O) groups is 1. The second kappa shape index (κ2) is 4.68. The summed E-state index contributed by atoms with van der Waals surface area (Å²) in [6, 6.07) is 9.57. The largest absolute Gasteiger partial charge is 0.369 e. The summed E-state index contributed by atoms with van der Waals surface area (Å²) in [6.45, 7) is 0. The molecule has 1 amide bonds. The maximum Gasteiger partial charge on any atom is 0.221 e. The van der Waals surface area contributed by atoms with Crippen molar-refractivity contribution in [3.63, 3.8) is 0 Å². The zero-order valence-electron chi connectivity index (χ0n) is 8.44. The van der Waals surface area contributed by atoms with Crippen LogP contribution in [0.5, 0.6) is 0 Å². The molecule has 0 saturated heterocycles. The SMILES string of the molecule is NC(=O)Cc1c(Cl)cccc1-c1cccs1. The quantitative estimate of drug-likeness (QED) is 0.895. The predicted octanol–water partition coefficient (Wildman–Crippen LogP) is 3.10. The summed E-state index contributed by atoms with van der Waals surface area (Å²) >= 11 is 7.70. The Bertz CT molecular complexity index is 508. The fraction of sp³-hybridized carbons (Fsp3) is 0.0833. The van der Waals surface area contributed by atoms with E-state index in [0.717, 1.165) is 16.0 Å². The van der Waals surface area contributed by atoms with Crippen LogP contribution in [-0.2, 0) is 11.2 Å². The van der Waals surface area contributed by atoms with E-state index < -0.39 is 0 Å². The molecular formula is C12H10ClNOS. The first kappa shape index (κ1) is 11.2. The number of hydrogen-bond acceptors (Lipinski definition) is 2. The van der Waals surface area contributed by atoms with Gasteiger partial charge in [-0.1, -0.05) is 29.8 Å². The highest BCUT2D eigenvalue weighted by Crippen LogP contribution is 2.32. The summed E-state index contributed by atoms with van der Waals surface area (Å²) in [5.74, 6) is -0.370. The van der Waals surface area contributed by atoms with E-state index in [1.54, 1.807) is 17.4 Å². The van der Waals surface area contributed by atoms with Crippen LogP contribution >= 0.6 is 22.9 Å². The molecule has 82 valence electrons. The lowest BCUT2D eigenvalue weighted by Crippen LogP contribution is -2.14. The predicted molar refractivity (Wildman–Crippen MR) is 67.7 cm³/mol. The molecule has 1 heterocycles. The molecule has 0 unspecified atom stereocenters. The summed E-state index contributed by atoms with van der Waals surface area (Å²) in [5.41, 5.74) is 7.01. The molecule has 16 heavy (non-hydrogen) atoms. The minimum atomic E-state index is -0.370. The highest BCUT2D eigenvalue weighted by molar-refractivity contribution is 7.13. The van der Waals surface area contributed by atoms with Crippen LogP contribution in [0.2, 0.25) is 5.02 Å². The Morgan fingerprint density at radius 1 is 1.31 bits per heavy atom. The minimum Gasteiger partial charge on any atom is -0.369 e. The van der Waals surface area contributed by atoms with Crippen LogP contribution in [0.3, 0.4) is 0 Å². The first-order valence-corrected chi connectivity index (χ1v) is 6.04. The van der Waals surface area contributed by atoms with Gasteiger partial charge in [-0.25, -0.2) is 0 Å². The molecule has 4 heteroatoms. The van der Waals surface area contributed by atoms with Crippen LogP contribution in [0.1, 0.15) is 5.56 Å². The van der Waals surface area contributed by atoms with Crippen molar-refractivity contribution >= 4 is 28.8 Å². The zero-order chi connectivity index (χ0) is 11.5. The topological polar surface area (TPSA) is 43.1 Å². The molecule has 0 aliphatic heterocycles. The number of amides is 1. The summed E-state index contributed by atoms with van der Waals surface area (Å²) in [6.07, 6.45) is 0.174. The molecule has 2 N–H and O–H groups in total. The number of nitrogens with two attached hydrogens (primary N) is 1. The molecule has 2 aromatic rings.